The summed E-state index contributed by atoms with van der Waals surface area (Å²) in [5.74, 6) is 0. The van der Waals surface area contributed by atoms with Gasteiger partial charge in [0.05, 0.1) is 17.4 Å². The van der Waals surface area contributed by atoms with Gasteiger partial charge in [0.1, 0.15) is 0 Å². The fourth-order valence-electron chi connectivity index (χ4n) is 2.93. The van der Waals surface area contributed by atoms with E-state index in [1.807, 2.05) is 6.92 Å². The van der Waals surface area contributed by atoms with Crippen LogP contribution in [0, 0.1) is 13.8 Å². The van der Waals surface area contributed by atoms with Crippen molar-refractivity contribution in [1.82, 2.24) is 4.98 Å². The summed E-state index contributed by atoms with van der Waals surface area (Å²) < 4.78 is 0. The van der Waals surface area contributed by atoms with E-state index >= 15 is 0 Å². The van der Waals surface area contributed by atoms with E-state index in [9.17, 15) is 0 Å². The van der Waals surface area contributed by atoms with Crippen LogP contribution < -0.4 is 5.32 Å². The van der Waals surface area contributed by atoms with Gasteiger partial charge in [-0.1, -0.05) is 24.3 Å². The number of fused-ring (bicyclic) bond motifs is 1. The summed E-state index contributed by atoms with van der Waals surface area (Å²) in [6.07, 6.45) is 3.66. The minimum atomic E-state index is 0.424. The van der Waals surface area contributed by atoms with Crippen molar-refractivity contribution in [2.45, 2.75) is 39.2 Å². The van der Waals surface area contributed by atoms with Crippen molar-refractivity contribution in [1.29, 1.82) is 0 Å². The summed E-state index contributed by atoms with van der Waals surface area (Å²) in [4.78, 5) is 4.53. The van der Waals surface area contributed by atoms with E-state index in [-0.39, 0.29) is 0 Å². The normalized spacial score (nSPS) is 17.9. The molecule has 0 saturated carbocycles. The van der Waals surface area contributed by atoms with E-state index in [4.69, 9.17) is 0 Å². The molecule has 0 bridgehead atoms. The highest BCUT2D eigenvalue weighted by atomic mass is 14.9. The molecule has 1 aliphatic rings. The molecule has 19 heavy (non-hydrogen) atoms. The Morgan fingerprint density at radius 1 is 1.11 bits per heavy atom. The van der Waals surface area contributed by atoms with Crippen LogP contribution in [0.4, 0.5) is 5.69 Å². The van der Waals surface area contributed by atoms with Gasteiger partial charge in [-0.25, -0.2) is 0 Å². The molecular formula is C17H20N2. The lowest BCUT2D eigenvalue weighted by molar-refractivity contribution is 0.600. The molecule has 0 radical (unpaired) electrons. The smallest absolute Gasteiger partial charge is 0.0607 e. The van der Waals surface area contributed by atoms with Crippen molar-refractivity contribution < 1.29 is 0 Å². The second-order valence-corrected chi connectivity index (χ2v) is 5.37. The third-order valence-electron chi connectivity index (χ3n) is 3.92. The molecule has 1 unspecified atom stereocenters. The largest absolute Gasteiger partial charge is 0.377 e. The third kappa shape index (κ3) is 2.48. The number of aromatic nitrogens is 1. The number of anilines is 1. The molecule has 0 saturated heterocycles. The predicted molar refractivity (Wildman–Crippen MR) is 79.5 cm³/mol. The lowest BCUT2D eigenvalue weighted by atomic mass is 9.87. The highest BCUT2D eigenvalue weighted by molar-refractivity contribution is 5.50. The summed E-state index contributed by atoms with van der Waals surface area (Å²) in [5.41, 5.74) is 6.26. The van der Waals surface area contributed by atoms with Gasteiger partial charge in [0, 0.05) is 5.69 Å². The van der Waals surface area contributed by atoms with Gasteiger partial charge in [-0.3, -0.25) is 4.98 Å². The first-order chi connectivity index (χ1) is 9.24. The number of rotatable bonds is 2. The summed E-state index contributed by atoms with van der Waals surface area (Å²) in [6, 6.07) is 13.4. The van der Waals surface area contributed by atoms with Crippen molar-refractivity contribution in [2.24, 2.45) is 0 Å². The van der Waals surface area contributed by atoms with Crippen LogP contribution in [0.2, 0.25) is 0 Å². The predicted octanol–water partition coefficient (Wildman–Crippen LogP) is 4.19. The van der Waals surface area contributed by atoms with Gasteiger partial charge in [-0.2, -0.15) is 0 Å². The zero-order valence-electron chi connectivity index (χ0n) is 11.6. The van der Waals surface area contributed by atoms with Gasteiger partial charge in [0.15, 0.2) is 0 Å². The number of aryl methyl sites for hydroxylation is 3. The average Bonchev–Trinajstić information content (AvgIpc) is 2.42. The Morgan fingerprint density at radius 2 is 1.95 bits per heavy atom. The van der Waals surface area contributed by atoms with Gasteiger partial charge >= 0.3 is 0 Å². The highest BCUT2D eigenvalue weighted by Gasteiger charge is 2.19. The van der Waals surface area contributed by atoms with Crippen LogP contribution >= 0.6 is 0 Å². The Hall–Kier alpha value is -1.83. The third-order valence-corrected chi connectivity index (χ3v) is 3.92. The van der Waals surface area contributed by atoms with E-state index in [2.05, 4.69) is 53.6 Å². The Bertz CT molecular complexity index is 590. The average molecular weight is 252 g/mol. The molecule has 2 aromatic rings. The molecule has 3 rings (SSSR count). The molecule has 0 amide bonds. The van der Waals surface area contributed by atoms with Crippen LogP contribution in [0.5, 0.6) is 0 Å². The Kier molecular flexibility index (Phi) is 3.24. The maximum Gasteiger partial charge on any atom is 0.0607 e. The van der Waals surface area contributed by atoms with E-state index in [0.717, 1.165) is 17.1 Å². The SMILES string of the molecule is Cc1ccc(NC2CCCc3ccccc32)c(C)n1. The fraction of sp³-hybridized carbons (Fsp3) is 0.353. The van der Waals surface area contributed by atoms with E-state index < -0.39 is 0 Å². The molecule has 1 N–H and O–H groups in total. The molecule has 1 atom stereocenters. The first kappa shape index (κ1) is 12.2. The van der Waals surface area contributed by atoms with Crippen LogP contribution in [0.25, 0.3) is 0 Å². The van der Waals surface area contributed by atoms with Crippen molar-refractivity contribution in [3.05, 3.63) is 58.9 Å². The number of benzene rings is 1. The number of pyridine rings is 1. The van der Waals surface area contributed by atoms with Crippen molar-refractivity contribution in [3.63, 3.8) is 0 Å². The number of hydrogen-bond donors (Lipinski definition) is 1. The summed E-state index contributed by atoms with van der Waals surface area (Å²) >= 11 is 0. The molecule has 98 valence electrons. The van der Waals surface area contributed by atoms with E-state index in [0.29, 0.717) is 6.04 Å². The molecule has 1 heterocycles. The molecule has 0 aliphatic heterocycles. The molecule has 0 spiro atoms. The summed E-state index contributed by atoms with van der Waals surface area (Å²) in [6.45, 7) is 4.11. The lowest BCUT2D eigenvalue weighted by Crippen LogP contribution is -2.18. The maximum absolute atomic E-state index is 4.53. The topological polar surface area (TPSA) is 24.9 Å². The Labute approximate surface area is 114 Å². The molecule has 1 aliphatic carbocycles. The maximum atomic E-state index is 4.53. The van der Waals surface area contributed by atoms with Gasteiger partial charge in [-0.05, 0) is 56.4 Å². The summed E-state index contributed by atoms with van der Waals surface area (Å²) in [7, 11) is 0. The Balaban J connectivity index is 1.88. The second-order valence-electron chi connectivity index (χ2n) is 5.37. The van der Waals surface area contributed by atoms with Crippen LogP contribution in [-0.2, 0) is 6.42 Å². The molecule has 2 nitrogen and oxygen atoms in total. The standard InChI is InChI=1S/C17H20N2/c1-12-10-11-16(13(2)18-12)19-17-9-5-7-14-6-3-4-8-15(14)17/h3-4,6,8,10-11,17,19H,5,7,9H2,1-2H3. The zero-order valence-corrected chi connectivity index (χ0v) is 11.6. The van der Waals surface area contributed by atoms with E-state index in [1.165, 1.54) is 30.4 Å². The molecular weight excluding hydrogens is 232 g/mol. The molecule has 2 heteroatoms. The Morgan fingerprint density at radius 3 is 2.79 bits per heavy atom. The monoisotopic (exact) mass is 252 g/mol. The first-order valence-electron chi connectivity index (χ1n) is 7.02. The fourth-order valence-corrected chi connectivity index (χ4v) is 2.93. The van der Waals surface area contributed by atoms with E-state index in [1.54, 1.807) is 0 Å². The lowest BCUT2D eigenvalue weighted by Gasteiger charge is -2.27. The van der Waals surface area contributed by atoms with Gasteiger partial charge in [0.25, 0.3) is 0 Å². The first-order valence-corrected chi connectivity index (χ1v) is 7.02. The van der Waals surface area contributed by atoms with Crippen LogP contribution in [0.1, 0.15) is 41.4 Å². The molecule has 1 aromatic carbocycles. The van der Waals surface area contributed by atoms with Gasteiger partial charge < -0.3 is 5.32 Å². The van der Waals surface area contributed by atoms with Gasteiger partial charge in [-0.15, -0.1) is 0 Å². The summed E-state index contributed by atoms with van der Waals surface area (Å²) in [5, 5.41) is 3.67. The molecule has 0 fully saturated rings. The second kappa shape index (κ2) is 5.04. The van der Waals surface area contributed by atoms with Gasteiger partial charge in [0.2, 0.25) is 0 Å². The zero-order chi connectivity index (χ0) is 13.2. The van der Waals surface area contributed by atoms with Crippen LogP contribution in [0.3, 0.4) is 0 Å². The number of nitrogens with zero attached hydrogens (tertiary/aromatic N) is 1. The van der Waals surface area contributed by atoms with Crippen molar-refractivity contribution >= 4 is 5.69 Å². The van der Waals surface area contributed by atoms with Crippen LogP contribution in [0.15, 0.2) is 36.4 Å². The van der Waals surface area contributed by atoms with Crippen molar-refractivity contribution in [2.75, 3.05) is 5.32 Å². The minimum Gasteiger partial charge on any atom is -0.377 e. The van der Waals surface area contributed by atoms with Crippen molar-refractivity contribution in [3.8, 4) is 0 Å². The van der Waals surface area contributed by atoms with Crippen LogP contribution in [-0.4, -0.2) is 4.98 Å². The highest BCUT2D eigenvalue weighted by Crippen LogP contribution is 2.32. The number of nitrogens with one attached hydrogen (secondary N) is 1. The number of hydrogen-bond acceptors (Lipinski definition) is 2. The minimum absolute atomic E-state index is 0.424. The quantitative estimate of drug-likeness (QED) is 0.867. The molecule has 1 aromatic heterocycles.